The van der Waals surface area contributed by atoms with Crippen LogP contribution in [0.4, 0.5) is 11.5 Å². The molecule has 2 aromatic heterocycles. The van der Waals surface area contributed by atoms with Gasteiger partial charge in [-0.25, -0.2) is 0 Å². The third-order valence-electron chi connectivity index (χ3n) is 2.29. The Morgan fingerprint density at radius 1 is 1.47 bits per heavy atom. The number of pyridine rings is 1. The van der Waals surface area contributed by atoms with Gasteiger partial charge in [0, 0.05) is 10.9 Å². The number of aromatic nitrogens is 1. The van der Waals surface area contributed by atoms with Crippen LogP contribution in [0.5, 0.6) is 0 Å². The Labute approximate surface area is 102 Å². The summed E-state index contributed by atoms with van der Waals surface area (Å²) in [4.78, 5) is 14.9. The first-order valence-corrected chi connectivity index (χ1v) is 5.95. The van der Waals surface area contributed by atoms with Crippen molar-refractivity contribution in [3.05, 3.63) is 50.8 Å². The lowest BCUT2D eigenvalue weighted by Crippen LogP contribution is -2.05. The lowest BCUT2D eigenvalue weighted by molar-refractivity contribution is -0.389. The minimum Gasteiger partial charge on any atom is -0.375 e. The van der Waals surface area contributed by atoms with E-state index in [2.05, 4.69) is 10.3 Å². The fourth-order valence-corrected chi connectivity index (χ4v) is 2.17. The van der Waals surface area contributed by atoms with Crippen LogP contribution in [0, 0.1) is 10.1 Å². The predicted molar refractivity (Wildman–Crippen MR) is 67.2 cm³/mol. The van der Waals surface area contributed by atoms with Crippen LogP contribution >= 0.6 is 11.3 Å². The van der Waals surface area contributed by atoms with Gasteiger partial charge < -0.3 is 15.4 Å². The largest absolute Gasteiger partial charge is 0.375 e. The molecule has 0 radical (unpaired) electrons. The molecule has 0 saturated carbocycles. The molecule has 5 nitrogen and oxygen atoms in total. The van der Waals surface area contributed by atoms with Gasteiger partial charge in [0.05, 0.1) is 11.7 Å². The minimum absolute atomic E-state index is 0.140. The maximum atomic E-state index is 10.4. The smallest absolute Gasteiger partial charge is 0.363 e. The first-order chi connectivity index (χ1) is 8.16. The summed E-state index contributed by atoms with van der Waals surface area (Å²) in [5, 5.41) is 15.7. The van der Waals surface area contributed by atoms with Crippen molar-refractivity contribution in [1.29, 1.82) is 0 Å². The molecule has 1 atom stereocenters. The number of nitro groups is 1. The summed E-state index contributed by atoms with van der Waals surface area (Å²) in [6.45, 7) is 2.03. The van der Waals surface area contributed by atoms with E-state index >= 15 is 0 Å². The molecule has 0 aliphatic carbocycles. The van der Waals surface area contributed by atoms with Crippen LogP contribution in [0.25, 0.3) is 0 Å². The highest BCUT2D eigenvalue weighted by molar-refractivity contribution is 7.10. The highest BCUT2D eigenvalue weighted by Crippen LogP contribution is 2.23. The topological polar surface area (TPSA) is 68.1 Å². The summed E-state index contributed by atoms with van der Waals surface area (Å²) in [6, 6.07) is 7.25. The molecule has 2 aromatic rings. The van der Waals surface area contributed by atoms with Crippen molar-refractivity contribution in [3.63, 3.8) is 0 Å². The third-order valence-corrected chi connectivity index (χ3v) is 3.34. The molecule has 0 spiro atoms. The van der Waals surface area contributed by atoms with E-state index in [-0.39, 0.29) is 11.9 Å². The second-order valence-corrected chi connectivity index (χ2v) is 4.52. The van der Waals surface area contributed by atoms with E-state index in [4.69, 9.17) is 0 Å². The third kappa shape index (κ3) is 2.79. The van der Waals surface area contributed by atoms with Gasteiger partial charge in [-0.1, -0.05) is 6.07 Å². The summed E-state index contributed by atoms with van der Waals surface area (Å²) in [5.41, 5.74) is 0.775. The van der Waals surface area contributed by atoms with E-state index in [1.54, 1.807) is 17.4 Å². The van der Waals surface area contributed by atoms with Gasteiger partial charge >= 0.3 is 5.82 Å². The molecule has 0 fully saturated rings. The van der Waals surface area contributed by atoms with Gasteiger partial charge in [-0.3, -0.25) is 0 Å². The number of thiophene rings is 1. The zero-order valence-corrected chi connectivity index (χ0v) is 9.98. The maximum Gasteiger partial charge on any atom is 0.363 e. The van der Waals surface area contributed by atoms with Crippen molar-refractivity contribution in [2.24, 2.45) is 0 Å². The fraction of sp³-hybridized carbons (Fsp3) is 0.182. The Hall–Kier alpha value is -1.95. The normalized spacial score (nSPS) is 12.1. The van der Waals surface area contributed by atoms with Crippen molar-refractivity contribution in [2.75, 3.05) is 5.32 Å². The van der Waals surface area contributed by atoms with Gasteiger partial charge in [-0.2, -0.15) is 0 Å². The van der Waals surface area contributed by atoms with E-state index in [9.17, 15) is 10.1 Å². The number of hydrogen-bond donors (Lipinski definition) is 1. The van der Waals surface area contributed by atoms with E-state index < -0.39 is 4.92 Å². The van der Waals surface area contributed by atoms with Gasteiger partial charge in [0.1, 0.15) is 0 Å². The lowest BCUT2D eigenvalue weighted by atomic mass is 10.2. The summed E-state index contributed by atoms with van der Waals surface area (Å²) >= 11 is 1.67. The Bertz CT molecular complexity index is 496. The van der Waals surface area contributed by atoms with Gasteiger partial charge in [0.25, 0.3) is 0 Å². The highest BCUT2D eigenvalue weighted by Gasteiger charge is 2.09. The molecular formula is C11H11N3O2S. The van der Waals surface area contributed by atoms with Crippen LogP contribution in [0.15, 0.2) is 35.8 Å². The fourth-order valence-electron chi connectivity index (χ4n) is 1.44. The number of nitrogens with zero attached hydrogens (tertiary/aromatic N) is 2. The summed E-state index contributed by atoms with van der Waals surface area (Å²) in [7, 11) is 0. The standard InChI is InChI=1S/C11H11N3O2S/c1-8(10-3-2-6-17-10)13-9-4-5-11(12-7-9)14(15)16/h2-8,13H,1H3. The molecule has 2 heterocycles. The monoisotopic (exact) mass is 249 g/mol. The minimum atomic E-state index is -0.507. The van der Waals surface area contributed by atoms with E-state index in [1.807, 2.05) is 24.4 Å². The van der Waals surface area contributed by atoms with Crippen LogP contribution in [-0.4, -0.2) is 9.91 Å². The van der Waals surface area contributed by atoms with Crippen molar-refractivity contribution in [1.82, 2.24) is 4.98 Å². The van der Waals surface area contributed by atoms with Crippen molar-refractivity contribution in [3.8, 4) is 0 Å². The molecule has 0 amide bonds. The molecular weight excluding hydrogens is 238 g/mol. The molecule has 17 heavy (non-hydrogen) atoms. The van der Waals surface area contributed by atoms with E-state index in [0.29, 0.717) is 0 Å². The van der Waals surface area contributed by atoms with Gasteiger partial charge in [0.15, 0.2) is 6.20 Å². The molecule has 2 rings (SSSR count). The van der Waals surface area contributed by atoms with Crippen molar-refractivity contribution in [2.45, 2.75) is 13.0 Å². The molecule has 0 aliphatic rings. The molecule has 1 unspecified atom stereocenters. The quantitative estimate of drug-likeness (QED) is 0.667. The molecule has 0 aromatic carbocycles. The van der Waals surface area contributed by atoms with Crippen LogP contribution in [0.2, 0.25) is 0 Å². The average molecular weight is 249 g/mol. The van der Waals surface area contributed by atoms with Gasteiger partial charge in [-0.15, -0.1) is 11.3 Å². The average Bonchev–Trinajstić information content (AvgIpc) is 2.83. The zero-order valence-electron chi connectivity index (χ0n) is 9.16. The summed E-state index contributed by atoms with van der Waals surface area (Å²) < 4.78 is 0. The Kier molecular flexibility index (Phi) is 3.34. The molecule has 0 bridgehead atoms. The molecule has 6 heteroatoms. The number of hydrogen-bond acceptors (Lipinski definition) is 5. The first-order valence-electron chi connectivity index (χ1n) is 5.07. The zero-order chi connectivity index (χ0) is 12.3. The second kappa shape index (κ2) is 4.92. The summed E-state index contributed by atoms with van der Waals surface area (Å²) in [5.74, 6) is -0.140. The highest BCUT2D eigenvalue weighted by atomic mass is 32.1. The Balaban J connectivity index is 2.06. The van der Waals surface area contributed by atoms with E-state index in [1.165, 1.54) is 17.1 Å². The van der Waals surface area contributed by atoms with Crippen molar-refractivity contribution < 1.29 is 4.92 Å². The predicted octanol–water partition coefficient (Wildman–Crippen LogP) is 3.22. The lowest BCUT2D eigenvalue weighted by Gasteiger charge is -2.11. The summed E-state index contributed by atoms with van der Waals surface area (Å²) in [6.07, 6.45) is 1.47. The van der Waals surface area contributed by atoms with Gasteiger partial charge in [-0.05, 0) is 34.3 Å². The molecule has 0 aliphatic heterocycles. The van der Waals surface area contributed by atoms with Crippen LogP contribution in [0.3, 0.4) is 0 Å². The number of nitrogens with one attached hydrogen (secondary N) is 1. The second-order valence-electron chi connectivity index (χ2n) is 3.54. The van der Waals surface area contributed by atoms with Gasteiger partial charge in [0.2, 0.25) is 0 Å². The molecule has 1 N–H and O–H groups in total. The van der Waals surface area contributed by atoms with Crippen molar-refractivity contribution >= 4 is 22.8 Å². The Morgan fingerprint density at radius 2 is 2.29 bits per heavy atom. The van der Waals surface area contributed by atoms with Crippen LogP contribution in [-0.2, 0) is 0 Å². The first kappa shape index (κ1) is 11.5. The SMILES string of the molecule is CC(Nc1ccc([N+](=O)[O-])nc1)c1cccs1. The number of rotatable bonds is 4. The van der Waals surface area contributed by atoms with E-state index in [0.717, 1.165) is 5.69 Å². The van der Waals surface area contributed by atoms with Crippen LogP contribution in [0.1, 0.15) is 17.8 Å². The van der Waals surface area contributed by atoms with Crippen LogP contribution < -0.4 is 5.32 Å². The Morgan fingerprint density at radius 3 is 2.82 bits per heavy atom. The maximum absolute atomic E-state index is 10.4. The molecule has 88 valence electrons. The molecule has 0 saturated heterocycles. The number of anilines is 1.